The van der Waals surface area contributed by atoms with E-state index in [2.05, 4.69) is 5.32 Å². The molecule has 1 aromatic carbocycles. The molecule has 98 valence electrons. The van der Waals surface area contributed by atoms with E-state index < -0.39 is 23.2 Å². The number of aromatic carboxylic acids is 1. The summed E-state index contributed by atoms with van der Waals surface area (Å²) in [7, 11) is 0. The van der Waals surface area contributed by atoms with Crippen LogP contribution < -0.4 is 5.32 Å². The zero-order chi connectivity index (χ0) is 13.1. The number of ether oxygens (including phenoxy) is 1. The first-order valence-corrected chi connectivity index (χ1v) is 5.62. The molecule has 0 saturated carbocycles. The van der Waals surface area contributed by atoms with Gasteiger partial charge in [0, 0.05) is 25.1 Å². The van der Waals surface area contributed by atoms with E-state index in [1.807, 2.05) is 0 Å². The molecular formula is C12H13F2NO3. The lowest BCUT2D eigenvalue weighted by molar-refractivity contribution is 0.0692. The number of carboxylic acids is 1. The average Bonchev–Trinajstić information content (AvgIpc) is 2.80. The lowest BCUT2D eigenvalue weighted by Gasteiger charge is -2.12. The molecule has 1 aromatic rings. The molecule has 1 saturated heterocycles. The predicted molar refractivity (Wildman–Crippen MR) is 60.7 cm³/mol. The van der Waals surface area contributed by atoms with E-state index in [-0.39, 0.29) is 11.6 Å². The fourth-order valence-electron chi connectivity index (χ4n) is 1.85. The summed E-state index contributed by atoms with van der Waals surface area (Å²) < 4.78 is 31.8. The average molecular weight is 257 g/mol. The van der Waals surface area contributed by atoms with Crippen LogP contribution in [-0.2, 0) is 4.74 Å². The first-order chi connectivity index (χ1) is 8.58. The normalized spacial score (nSPS) is 18.9. The highest BCUT2D eigenvalue weighted by Gasteiger charge is 2.18. The minimum atomic E-state index is -1.42. The summed E-state index contributed by atoms with van der Waals surface area (Å²) in [6, 6.07) is 1.56. The smallest absolute Gasteiger partial charge is 0.338 e. The Balaban J connectivity index is 2.11. The maximum Gasteiger partial charge on any atom is 0.338 e. The third-order valence-electron chi connectivity index (χ3n) is 2.89. The maximum absolute atomic E-state index is 13.4. The first kappa shape index (κ1) is 12.8. The lowest BCUT2D eigenvalue weighted by atomic mass is 10.1. The van der Waals surface area contributed by atoms with E-state index in [0.29, 0.717) is 25.8 Å². The van der Waals surface area contributed by atoms with Gasteiger partial charge in [0.05, 0.1) is 17.9 Å². The summed E-state index contributed by atoms with van der Waals surface area (Å²) in [5.41, 5.74) is -0.540. The highest BCUT2D eigenvalue weighted by Crippen LogP contribution is 2.21. The van der Waals surface area contributed by atoms with E-state index in [1.54, 1.807) is 0 Å². The van der Waals surface area contributed by atoms with Gasteiger partial charge >= 0.3 is 5.97 Å². The molecule has 0 radical (unpaired) electrons. The summed E-state index contributed by atoms with van der Waals surface area (Å²) in [5, 5.41) is 11.5. The van der Waals surface area contributed by atoms with Crippen molar-refractivity contribution in [3.8, 4) is 0 Å². The molecule has 1 aliphatic rings. The second-order valence-corrected chi connectivity index (χ2v) is 4.23. The third-order valence-corrected chi connectivity index (χ3v) is 2.89. The van der Waals surface area contributed by atoms with Crippen LogP contribution in [0.5, 0.6) is 0 Å². The van der Waals surface area contributed by atoms with Gasteiger partial charge in [0.1, 0.15) is 11.6 Å². The van der Waals surface area contributed by atoms with Gasteiger partial charge < -0.3 is 15.2 Å². The number of hydrogen-bond acceptors (Lipinski definition) is 3. The number of halogens is 2. The molecule has 0 spiro atoms. The molecule has 0 amide bonds. The molecule has 18 heavy (non-hydrogen) atoms. The molecular weight excluding hydrogens is 244 g/mol. The summed E-state index contributed by atoms with van der Waals surface area (Å²) in [6.07, 6.45) is 0.877. The molecule has 4 nitrogen and oxygen atoms in total. The molecule has 0 bridgehead atoms. The van der Waals surface area contributed by atoms with Crippen molar-refractivity contribution in [3.63, 3.8) is 0 Å². The van der Waals surface area contributed by atoms with Crippen LogP contribution in [0.1, 0.15) is 16.8 Å². The number of carboxylic acid groups (broad SMARTS) is 1. The van der Waals surface area contributed by atoms with Crippen molar-refractivity contribution in [2.75, 3.05) is 25.1 Å². The second kappa shape index (κ2) is 5.30. The molecule has 1 fully saturated rings. The fraction of sp³-hybridized carbons (Fsp3) is 0.417. The summed E-state index contributed by atoms with van der Waals surface area (Å²) in [4.78, 5) is 10.7. The number of benzene rings is 1. The van der Waals surface area contributed by atoms with E-state index in [0.717, 1.165) is 12.5 Å². The number of anilines is 1. The van der Waals surface area contributed by atoms with Crippen LogP contribution in [0.2, 0.25) is 0 Å². The number of carbonyl (C=O) groups is 1. The SMILES string of the molecule is O=C(O)c1cc(NCC2CCOC2)c(F)cc1F. The second-order valence-electron chi connectivity index (χ2n) is 4.23. The Morgan fingerprint density at radius 3 is 2.83 bits per heavy atom. The number of rotatable bonds is 4. The maximum atomic E-state index is 13.4. The quantitative estimate of drug-likeness (QED) is 0.867. The largest absolute Gasteiger partial charge is 0.478 e. The fourth-order valence-corrected chi connectivity index (χ4v) is 1.85. The Labute approximate surface area is 103 Å². The van der Waals surface area contributed by atoms with Gasteiger partial charge in [0.2, 0.25) is 0 Å². The van der Waals surface area contributed by atoms with Crippen molar-refractivity contribution in [3.05, 3.63) is 29.3 Å². The summed E-state index contributed by atoms with van der Waals surface area (Å²) >= 11 is 0. The van der Waals surface area contributed by atoms with Gasteiger partial charge in [0.15, 0.2) is 0 Å². The molecule has 0 aliphatic carbocycles. The molecule has 1 heterocycles. The Morgan fingerprint density at radius 1 is 1.44 bits per heavy atom. The standard InChI is InChI=1S/C12H13F2NO3/c13-9-4-10(14)11(3-8(9)12(16)17)15-5-7-1-2-18-6-7/h3-4,7,15H,1-2,5-6H2,(H,16,17). The Kier molecular flexibility index (Phi) is 3.76. The lowest BCUT2D eigenvalue weighted by Crippen LogP contribution is -2.15. The molecule has 2 rings (SSSR count). The first-order valence-electron chi connectivity index (χ1n) is 5.62. The van der Waals surface area contributed by atoms with Crippen molar-refractivity contribution in [1.82, 2.24) is 0 Å². The van der Waals surface area contributed by atoms with Crippen molar-refractivity contribution in [2.24, 2.45) is 5.92 Å². The highest BCUT2D eigenvalue weighted by molar-refractivity contribution is 5.89. The monoisotopic (exact) mass is 257 g/mol. The van der Waals surface area contributed by atoms with Crippen molar-refractivity contribution in [2.45, 2.75) is 6.42 Å². The van der Waals surface area contributed by atoms with Crippen LogP contribution in [0.25, 0.3) is 0 Å². The van der Waals surface area contributed by atoms with Crippen molar-refractivity contribution >= 4 is 11.7 Å². The van der Waals surface area contributed by atoms with E-state index in [9.17, 15) is 13.6 Å². The van der Waals surface area contributed by atoms with Crippen LogP contribution in [-0.4, -0.2) is 30.8 Å². The van der Waals surface area contributed by atoms with Gasteiger partial charge in [0.25, 0.3) is 0 Å². The predicted octanol–water partition coefficient (Wildman–Crippen LogP) is 2.11. The Bertz CT molecular complexity index is 459. The van der Waals surface area contributed by atoms with Crippen LogP contribution >= 0.6 is 0 Å². The zero-order valence-corrected chi connectivity index (χ0v) is 9.58. The van der Waals surface area contributed by atoms with Gasteiger partial charge in [-0.1, -0.05) is 0 Å². The van der Waals surface area contributed by atoms with Crippen LogP contribution in [0.15, 0.2) is 12.1 Å². The van der Waals surface area contributed by atoms with Crippen LogP contribution in [0, 0.1) is 17.6 Å². The molecule has 1 aliphatic heterocycles. The molecule has 1 unspecified atom stereocenters. The molecule has 6 heteroatoms. The molecule has 0 aromatic heterocycles. The number of hydrogen-bond donors (Lipinski definition) is 2. The van der Waals surface area contributed by atoms with Crippen molar-refractivity contribution in [1.29, 1.82) is 0 Å². The zero-order valence-electron chi connectivity index (χ0n) is 9.58. The van der Waals surface area contributed by atoms with E-state index in [4.69, 9.17) is 9.84 Å². The summed E-state index contributed by atoms with van der Waals surface area (Å²) in [6.45, 7) is 1.75. The Morgan fingerprint density at radius 2 is 2.22 bits per heavy atom. The van der Waals surface area contributed by atoms with Crippen LogP contribution in [0.3, 0.4) is 0 Å². The van der Waals surface area contributed by atoms with Gasteiger partial charge in [-0.2, -0.15) is 0 Å². The molecule has 1 atom stereocenters. The topological polar surface area (TPSA) is 58.6 Å². The third kappa shape index (κ3) is 2.76. The van der Waals surface area contributed by atoms with E-state index >= 15 is 0 Å². The van der Waals surface area contributed by atoms with Crippen molar-refractivity contribution < 1.29 is 23.4 Å². The van der Waals surface area contributed by atoms with Gasteiger partial charge in [-0.25, -0.2) is 13.6 Å². The minimum absolute atomic E-state index is 0.000648. The van der Waals surface area contributed by atoms with Gasteiger partial charge in [-0.15, -0.1) is 0 Å². The van der Waals surface area contributed by atoms with Gasteiger partial charge in [-0.3, -0.25) is 0 Å². The Hall–Kier alpha value is -1.69. The van der Waals surface area contributed by atoms with Gasteiger partial charge in [-0.05, 0) is 12.5 Å². The minimum Gasteiger partial charge on any atom is -0.478 e. The summed E-state index contributed by atoms with van der Waals surface area (Å²) in [5.74, 6) is -3.02. The molecule has 2 N–H and O–H groups in total. The highest BCUT2D eigenvalue weighted by atomic mass is 19.1. The number of nitrogens with one attached hydrogen (secondary N) is 1. The van der Waals surface area contributed by atoms with Crippen LogP contribution in [0.4, 0.5) is 14.5 Å². The van der Waals surface area contributed by atoms with E-state index in [1.165, 1.54) is 0 Å².